The highest BCUT2D eigenvalue weighted by Gasteiger charge is 2.40. The second-order valence-electron chi connectivity index (χ2n) is 6.12. The molecule has 0 amide bonds. The Morgan fingerprint density at radius 1 is 1.18 bits per heavy atom. The summed E-state index contributed by atoms with van der Waals surface area (Å²) < 4.78 is 5.36. The minimum Gasteiger partial charge on any atom is -0.380 e. The van der Waals surface area contributed by atoms with Gasteiger partial charge in [0.2, 0.25) is 0 Å². The van der Waals surface area contributed by atoms with Gasteiger partial charge in [0.1, 0.15) is 0 Å². The zero-order valence-corrected chi connectivity index (χ0v) is 10.7. The van der Waals surface area contributed by atoms with E-state index in [0.717, 1.165) is 32.3 Å². The average Bonchev–Trinajstić information content (AvgIpc) is 2.34. The van der Waals surface area contributed by atoms with Crippen molar-refractivity contribution in [2.24, 2.45) is 11.1 Å². The smallest absolute Gasteiger partial charge is 0.0569 e. The van der Waals surface area contributed by atoms with Gasteiger partial charge in [-0.15, -0.1) is 0 Å². The molecule has 2 N–H and O–H groups in total. The lowest BCUT2D eigenvalue weighted by atomic mass is 9.85. The molecule has 3 saturated heterocycles. The molecular weight excluding hydrogens is 214 g/mol. The molecule has 1 atom stereocenters. The monoisotopic (exact) mass is 239 g/mol. The van der Waals surface area contributed by atoms with Gasteiger partial charge in [-0.05, 0) is 19.4 Å². The average molecular weight is 239 g/mol. The highest BCUT2D eigenvalue weighted by molar-refractivity contribution is 4.93. The van der Waals surface area contributed by atoms with Crippen molar-refractivity contribution < 1.29 is 4.74 Å². The Morgan fingerprint density at radius 3 is 2.76 bits per heavy atom. The van der Waals surface area contributed by atoms with Crippen molar-refractivity contribution in [1.82, 2.24) is 9.80 Å². The van der Waals surface area contributed by atoms with Gasteiger partial charge in [-0.1, -0.05) is 6.42 Å². The molecule has 0 spiro atoms. The Labute approximate surface area is 104 Å². The van der Waals surface area contributed by atoms with E-state index in [0.29, 0.717) is 0 Å². The molecule has 0 radical (unpaired) electrons. The third-order valence-electron chi connectivity index (χ3n) is 4.73. The van der Waals surface area contributed by atoms with E-state index >= 15 is 0 Å². The summed E-state index contributed by atoms with van der Waals surface area (Å²) in [6.45, 7) is 8.71. The summed E-state index contributed by atoms with van der Waals surface area (Å²) in [5.74, 6) is 0. The number of nitrogens with zero attached hydrogens (tertiary/aromatic N) is 2. The van der Waals surface area contributed by atoms with Crippen molar-refractivity contribution in [2.75, 3.05) is 52.5 Å². The van der Waals surface area contributed by atoms with E-state index in [2.05, 4.69) is 9.80 Å². The van der Waals surface area contributed by atoms with Crippen LogP contribution in [0.2, 0.25) is 0 Å². The normalized spacial score (nSPS) is 34.1. The van der Waals surface area contributed by atoms with E-state index in [1.54, 1.807) is 0 Å². The van der Waals surface area contributed by atoms with Crippen LogP contribution in [0.1, 0.15) is 19.3 Å². The lowest BCUT2D eigenvalue weighted by Crippen LogP contribution is -2.61. The predicted octanol–water partition coefficient (Wildman–Crippen LogP) is 0.132. The lowest BCUT2D eigenvalue weighted by molar-refractivity contribution is -0.126. The number of nitrogens with two attached hydrogens (primary N) is 1. The van der Waals surface area contributed by atoms with E-state index in [1.807, 2.05) is 0 Å². The first kappa shape index (κ1) is 11.9. The summed E-state index contributed by atoms with van der Waals surface area (Å²) in [6, 6.07) is 0.813. The maximum absolute atomic E-state index is 5.90. The van der Waals surface area contributed by atoms with Crippen molar-refractivity contribution >= 4 is 0 Å². The number of piperidine rings is 1. The molecule has 4 heteroatoms. The van der Waals surface area contributed by atoms with Crippen molar-refractivity contribution in [3.05, 3.63) is 0 Å². The van der Waals surface area contributed by atoms with Gasteiger partial charge in [-0.2, -0.15) is 0 Å². The van der Waals surface area contributed by atoms with Gasteiger partial charge in [-0.3, -0.25) is 9.80 Å². The molecule has 0 aromatic heterocycles. The SMILES string of the molecule is NCC1(CN2CCN3CCCCC3C2)COC1. The Hall–Kier alpha value is -0.160. The molecule has 3 heterocycles. The second-order valence-corrected chi connectivity index (χ2v) is 6.12. The van der Waals surface area contributed by atoms with Crippen molar-refractivity contribution in [2.45, 2.75) is 25.3 Å². The van der Waals surface area contributed by atoms with Gasteiger partial charge >= 0.3 is 0 Å². The number of ether oxygens (including phenoxy) is 1. The summed E-state index contributed by atoms with van der Waals surface area (Å²) in [7, 11) is 0. The molecule has 0 bridgehead atoms. The minimum atomic E-state index is 0.275. The summed E-state index contributed by atoms with van der Waals surface area (Å²) in [4.78, 5) is 5.31. The van der Waals surface area contributed by atoms with Crippen LogP contribution in [0.4, 0.5) is 0 Å². The summed E-state index contributed by atoms with van der Waals surface area (Å²) in [6.07, 6.45) is 4.21. The van der Waals surface area contributed by atoms with Gasteiger partial charge in [0, 0.05) is 44.2 Å². The molecule has 0 aliphatic carbocycles. The Kier molecular flexibility index (Phi) is 3.39. The lowest BCUT2D eigenvalue weighted by Gasteiger charge is -2.49. The number of hydrogen-bond acceptors (Lipinski definition) is 4. The first-order chi connectivity index (χ1) is 8.31. The van der Waals surface area contributed by atoms with Crippen LogP contribution < -0.4 is 5.73 Å². The standard InChI is InChI=1S/C13H25N3O/c14-8-13(10-17-11-13)9-15-5-6-16-4-2-1-3-12(16)7-15/h12H,1-11,14H2. The molecule has 0 aromatic carbocycles. The second kappa shape index (κ2) is 4.84. The van der Waals surface area contributed by atoms with Gasteiger partial charge in [-0.25, -0.2) is 0 Å². The molecule has 0 aromatic rings. The van der Waals surface area contributed by atoms with Crippen LogP contribution in [0.3, 0.4) is 0 Å². The van der Waals surface area contributed by atoms with E-state index in [4.69, 9.17) is 10.5 Å². The first-order valence-electron chi connectivity index (χ1n) is 7.06. The molecule has 3 aliphatic heterocycles. The van der Waals surface area contributed by atoms with E-state index in [9.17, 15) is 0 Å². The number of rotatable bonds is 3. The number of hydrogen-bond donors (Lipinski definition) is 1. The molecule has 17 heavy (non-hydrogen) atoms. The fourth-order valence-electron chi connectivity index (χ4n) is 3.50. The van der Waals surface area contributed by atoms with Crippen LogP contribution in [0.5, 0.6) is 0 Å². The maximum Gasteiger partial charge on any atom is 0.0569 e. The Bertz CT molecular complexity index is 262. The minimum absolute atomic E-state index is 0.275. The largest absolute Gasteiger partial charge is 0.380 e. The van der Waals surface area contributed by atoms with Gasteiger partial charge in [0.05, 0.1) is 13.2 Å². The highest BCUT2D eigenvalue weighted by Crippen LogP contribution is 2.29. The topological polar surface area (TPSA) is 41.7 Å². The molecule has 3 aliphatic rings. The van der Waals surface area contributed by atoms with Gasteiger partial charge in [0.25, 0.3) is 0 Å². The summed E-state index contributed by atoms with van der Waals surface area (Å²) >= 11 is 0. The molecule has 1 unspecified atom stereocenters. The van der Waals surface area contributed by atoms with E-state index in [-0.39, 0.29) is 5.41 Å². The van der Waals surface area contributed by atoms with Crippen molar-refractivity contribution in [1.29, 1.82) is 0 Å². The van der Waals surface area contributed by atoms with E-state index in [1.165, 1.54) is 45.4 Å². The Morgan fingerprint density at radius 2 is 2.06 bits per heavy atom. The van der Waals surface area contributed by atoms with Crippen LogP contribution in [0.25, 0.3) is 0 Å². The van der Waals surface area contributed by atoms with Crippen LogP contribution in [-0.4, -0.2) is 68.3 Å². The fraction of sp³-hybridized carbons (Fsp3) is 1.00. The zero-order valence-electron chi connectivity index (χ0n) is 10.7. The predicted molar refractivity (Wildman–Crippen MR) is 68.0 cm³/mol. The van der Waals surface area contributed by atoms with Gasteiger partial charge in [0.15, 0.2) is 0 Å². The summed E-state index contributed by atoms with van der Waals surface area (Å²) in [5.41, 5.74) is 6.18. The maximum atomic E-state index is 5.90. The third-order valence-corrected chi connectivity index (χ3v) is 4.73. The van der Waals surface area contributed by atoms with Crippen LogP contribution in [0.15, 0.2) is 0 Å². The third kappa shape index (κ3) is 2.36. The number of fused-ring (bicyclic) bond motifs is 1. The summed E-state index contributed by atoms with van der Waals surface area (Å²) in [5, 5.41) is 0. The molecule has 98 valence electrons. The van der Waals surface area contributed by atoms with Crippen LogP contribution >= 0.6 is 0 Å². The molecular formula is C13H25N3O. The van der Waals surface area contributed by atoms with Gasteiger partial charge < -0.3 is 10.5 Å². The number of piperazine rings is 1. The van der Waals surface area contributed by atoms with Crippen molar-refractivity contribution in [3.8, 4) is 0 Å². The molecule has 3 fully saturated rings. The molecule has 0 saturated carbocycles. The molecule has 4 nitrogen and oxygen atoms in total. The first-order valence-corrected chi connectivity index (χ1v) is 7.06. The zero-order chi connectivity index (χ0) is 11.7. The van der Waals surface area contributed by atoms with Crippen molar-refractivity contribution in [3.63, 3.8) is 0 Å². The molecule has 3 rings (SSSR count). The fourth-order valence-corrected chi connectivity index (χ4v) is 3.50. The highest BCUT2D eigenvalue weighted by atomic mass is 16.5. The quantitative estimate of drug-likeness (QED) is 0.760. The Balaban J connectivity index is 1.55. The van der Waals surface area contributed by atoms with E-state index < -0.39 is 0 Å². The van der Waals surface area contributed by atoms with Crippen LogP contribution in [0, 0.1) is 5.41 Å². The van der Waals surface area contributed by atoms with Crippen LogP contribution in [-0.2, 0) is 4.74 Å².